The van der Waals surface area contributed by atoms with Crippen molar-refractivity contribution in [1.82, 2.24) is 5.32 Å². The molecule has 0 aliphatic carbocycles. The first-order valence-electron chi connectivity index (χ1n) is 6.01. The van der Waals surface area contributed by atoms with Crippen molar-refractivity contribution < 1.29 is 19.1 Å². The molecular formula is C13H14N2O4. The van der Waals surface area contributed by atoms with Gasteiger partial charge in [-0.15, -0.1) is 0 Å². The topological polar surface area (TPSA) is 84.5 Å². The Morgan fingerprint density at radius 2 is 2.00 bits per heavy atom. The zero-order valence-electron chi connectivity index (χ0n) is 10.4. The minimum absolute atomic E-state index is 0.0553. The standard InChI is InChI=1S/C13H14N2O4/c1-2-3-10(16)14-9-6-4-8(5-7-9)11-12(17)15-13(18)19-11/h4-7,11H,2-3H2,1H3,(H,14,16)(H,15,17,18). The van der Waals surface area contributed by atoms with E-state index in [1.807, 2.05) is 6.92 Å². The van der Waals surface area contributed by atoms with E-state index in [1.165, 1.54) is 0 Å². The molecule has 1 aromatic carbocycles. The summed E-state index contributed by atoms with van der Waals surface area (Å²) in [6.45, 7) is 1.93. The molecule has 2 N–H and O–H groups in total. The minimum Gasteiger partial charge on any atom is -0.431 e. The number of benzene rings is 1. The lowest BCUT2D eigenvalue weighted by molar-refractivity contribution is -0.123. The van der Waals surface area contributed by atoms with Gasteiger partial charge in [0.25, 0.3) is 5.91 Å². The zero-order chi connectivity index (χ0) is 13.8. The smallest absolute Gasteiger partial charge is 0.415 e. The quantitative estimate of drug-likeness (QED) is 0.865. The molecule has 1 heterocycles. The number of anilines is 1. The van der Waals surface area contributed by atoms with Crippen LogP contribution < -0.4 is 10.6 Å². The number of carbonyl (C=O) groups is 3. The maximum Gasteiger partial charge on any atom is 0.415 e. The third kappa shape index (κ3) is 3.09. The van der Waals surface area contributed by atoms with Crippen LogP contribution >= 0.6 is 0 Å². The molecule has 6 nitrogen and oxygen atoms in total. The van der Waals surface area contributed by atoms with Crippen LogP contribution in [0.5, 0.6) is 0 Å². The van der Waals surface area contributed by atoms with Crippen molar-refractivity contribution in [2.75, 3.05) is 5.32 Å². The van der Waals surface area contributed by atoms with E-state index in [1.54, 1.807) is 24.3 Å². The van der Waals surface area contributed by atoms with E-state index in [0.717, 1.165) is 6.42 Å². The number of nitrogens with one attached hydrogen (secondary N) is 2. The van der Waals surface area contributed by atoms with Crippen LogP contribution in [0.1, 0.15) is 31.4 Å². The number of imide groups is 1. The van der Waals surface area contributed by atoms with Crippen molar-refractivity contribution in [3.8, 4) is 0 Å². The number of hydrogen-bond acceptors (Lipinski definition) is 4. The number of ether oxygens (including phenoxy) is 1. The van der Waals surface area contributed by atoms with Crippen LogP contribution in [-0.4, -0.2) is 17.9 Å². The van der Waals surface area contributed by atoms with Crippen LogP contribution in [0.25, 0.3) is 0 Å². The molecule has 2 rings (SSSR count). The summed E-state index contributed by atoms with van der Waals surface area (Å²) in [6.07, 6.45) is -0.407. The Kier molecular flexibility index (Phi) is 3.79. The largest absolute Gasteiger partial charge is 0.431 e. The van der Waals surface area contributed by atoms with Crippen molar-refractivity contribution in [2.24, 2.45) is 0 Å². The predicted molar refractivity (Wildman–Crippen MR) is 67.3 cm³/mol. The first kappa shape index (κ1) is 13.1. The molecule has 0 radical (unpaired) electrons. The van der Waals surface area contributed by atoms with Gasteiger partial charge < -0.3 is 10.1 Å². The number of hydrogen-bond donors (Lipinski definition) is 2. The molecule has 1 aliphatic rings. The third-order valence-electron chi connectivity index (χ3n) is 2.66. The summed E-state index contributed by atoms with van der Waals surface area (Å²) in [5, 5.41) is 4.79. The van der Waals surface area contributed by atoms with Crippen molar-refractivity contribution in [1.29, 1.82) is 0 Å². The van der Waals surface area contributed by atoms with E-state index in [9.17, 15) is 14.4 Å². The molecule has 1 atom stereocenters. The summed E-state index contributed by atoms with van der Waals surface area (Å²) in [6, 6.07) is 6.62. The highest BCUT2D eigenvalue weighted by Crippen LogP contribution is 2.23. The molecule has 19 heavy (non-hydrogen) atoms. The number of carbonyl (C=O) groups excluding carboxylic acids is 3. The summed E-state index contributed by atoms with van der Waals surface area (Å²) in [5.41, 5.74) is 1.21. The minimum atomic E-state index is -0.909. The van der Waals surface area contributed by atoms with Crippen LogP contribution in [0.3, 0.4) is 0 Å². The Bertz CT molecular complexity index is 510. The maximum absolute atomic E-state index is 11.4. The average molecular weight is 262 g/mol. The Morgan fingerprint density at radius 3 is 2.53 bits per heavy atom. The zero-order valence-corrected chi connectivity index (χ0v) is 10.4. The van der Waals surface area contributed by atoms with Gasteiger partial charge in [-0.25, -0.2) is 4.79 Å². The second-order valence-corrected chi connectivity index (χ2v) is 4.19. The van der Waals surface area contributed by atoms with Gasteiger partial charge in [0.05, 0.1) is 0 Å². The first-order valence-corrected chi connectivity index (χ1v) is 6.01. The molecule has 1 aliphatic heterocycles. The van der Waals surface area contributed by atoms with E-state index in [4.69, 9.17) is 4.74 Å². The van der Waals surface area contributed by atoms with Gasteiger partial charge in [0.2, 0.25) is 12.0 Å². The summed E-state index contributed by atoms with van der Waals surface area (Å²) < 4.78 is 4.83. The molecule has 0 saturated carbocycles. The molecule has 1 saturated heterocycles. The summed E-state index contributed by atoms with van der Waals surface area (Å²) in [7, 11) is 0. The van der Waals surface area contributed by atoms with E-state index < -0.39 is 18.1 Å². The normalized spacial score (nSPS) is 17.8. The molecule has 1 unspecified atom stereocenters. The molecule has 0 spiro atoms. The molecule has 1 fully saturated rings. The van der Waals surface area contributed by atoms with Crippen molar-refractivity contribution in [2.45, 2.75) is 25.9 Å². The van der Waals surface area contributed by atoms with E-state index in [-0.39, 0.29) is 5.91 Å². The van der Waals surface area contributed by atoms with Gasteiger partial charge in [0.15, 0.2) is 0 Å². The summed E-state index contributed by atoms with van der Waals surface area (Å²) >= 11 is 0. The van der Waals surface area contributed by atoms with Crippen LogP contribution in [0.15, 0.2) is 24.3 Å². The van der Waals surface area contributed by atoms with E-state index >= 15 is 0 Å². The summed E-state index contributed by atoms with van der Waals surface area (Å²) in [4.78, 5) is 33.7. The van der Waals surface area contributed by atoms with Crippen molar-refractivity contribution in [3.05, 3.63) is 29.8 Å². The highest BCUT2D eigenvalue weighted by Gasteiger charge is 2.33. The molecule has 3 amide bonds. The Hall–Kier alpha value is -2.37. The van der Waals surface area contributed by atoms with Gasteiger partial charge in [-0.2, -0.15) is 0 Å². The lowest BCUT2D eigenvalue weighted by Crippen LogP contribution is -2.20. The monoisotopic (exact) mass is 262 g/mol. The first-order chi connectivity index (χ1) is 9.10. The highest BCUT2D eigenvalue weighted by atomic mass is 16.6. The number of rotatable bonds is 4. The fourth-order valence-electron chi connectivity index (χ4n) is 1.77. The van der Waals surface area contributed by atoms with Crippen LogP contribution in [-0.2, 0) is 14.3 Å². The van der Waals surface area contributed by atoms with Crippen molar-refractivity contribution >= 4 is 23.6 Å². The fourth-order valence-corrected chi connectivity index (χ4v) is 1.77. The number of cyclic esters (lactones) is 1. The molecule has 0 aromatic heterocycles. The third-order valence-corrected chi connectivity index (χ3v) is 2.66. The Morgan fingerprint density at radius 1 is 1.32 bits per heavy atom. The molecule has 1 aromatic rings. The lowest BCUT2D eigenvalue weighted by atomic mass is 10.1. The van der Waals surface area contributed by atoms with Crippen molar-refractivity contribution in [3.63, 3.8) is 0 Å². The Balaban J connectivity index is 2.04. The molecule has 0 bridgehead atoms. The average Bonchev–Trinajstić information content (AvgIpc) is 2.70. The molecule has 100 valence electrons. The predicted octanol–water partition coefficient (Wildman–Crippen LogP) is 1.73. The second-order valence-electron chi connectivity index (χ2n) is 4.19. The van der Waals surface area contributed by atoms with E-state index in [2.05, 4.69) is 10.6 Å². The lowest BCUT2D eigenvalue weighted by Gasteiger charge is -2.08. The van der Waals surface area contributed by atoms with Gasteiger partial charge in [0.1, 0.15) is 0 Å². The fraction of sp³-hybridized carbons (Fsp3) is 0.308. The SMILES string of the molecule is CCCC(=O)Nc1ccc(C2OC(=O)NC2=O)cc1. The van der Waals surface area contributed by atoms with Crippen LogP contribution in [0.4, 0.5) is 10.5 Å². The van der Waals surface area contributed by atoms with Gasteiger partial charge in [-0.3, -0.25) is 14.9 Å². The molecule has 6 heteroatoms. The highest BCUT2D eigenvalue weighted by molar-refractivity contribution is 6.00. The van der Waals surface area contributed by atoms with E-state index in [0.29, 0.717) is 17.7 Å². The second kappa shape index (κ2) is 5.51. The van der Waals surface area contributed by atoms with Gasteiger partial charge in [-0.1, -0.05) is 19.1 Å². The van der Waals surface area contributed by atoms with Crippen LogP contribution in [0, 0.1) is 0 Å². The molecular weight excluding hydrogens is 248 g/mol. The maximum atomic E-state index is 11.4. The van der Waals surface area contributed by atoms with Gasteiger partial charge >= 0.3 is 6.09 Å². The van der Waals surface area contributed by atoms with Gasteiger partial charge in [-0.05, 0) is 18.6 Å². The number of alkyl carbamates (subject to hydrolysis) is 1. The number of amides is 3. The summed E-state index contributed by atoms with van der Waals surface area (Å²) in [5.74, 6) is -0.534. The Labute approximate surface area is 110 Å². The van der Waals surface area contributed by atoms with Crippen LogP contribution in [0.2, 0.25) is 0 Å². The van der Waals surface area contributed by atoms with Gasteiger partial charge in [0, 0.05) is 17.7 Å².